The molecule has 0 unspecified atom stereocenters. The third-order valence-electron chi connectivity index (χ3n) is 20.2. The number of carbonyl (C=O) groups is 2. The van der Waals surface area contributed by atoms with Gasteiger partial charge in [0.1, 0.15) is 17.4 Å². The molecule has 16 nitrogen and oxygen atoms in total. The molecule has 0 bridgehead atoms. The van der Waals surface area contributed by atoms with Crippen molar-refractivity contribution in [2.45, 2.75) is 170 Å². The molecule has 16 heteroatoms. The van der Waals surface area contributed by atoms with Crippen LogP contribution in [-0.2, 0) is 47.9 Å². The van der Waals surface area contributed by atoms with Crippen LogP contribution in [0.2, 0.25) is 0 Å². The van der Waals surface area contributed by atoms with Gasteiger partial charge in [0.25, 0.3) is 0 Å². The number of imidazole rings is 1. The van der Waals surface area contributed by atoms with Crippen molar-refractivity contribution in [2.75, 3.05) is 111 Å². The normalized spacial score (nSPS) is 25.5. The van der Waals surface area contributed by atoms with Crippen molar-refractivity contribution in [3.63, 3.8) is 0 Å². The van der Waals surface area contributed by atoms with Crippen LogP contribution in [0.5, 0.6) is 0 Å². The Morgan fingerprint density at radius 3 is 2.26 bits per heavy atom. The smallest absolute Gasteiger partial charge is 0.407 e. The van der Waals surface area contributed by atoms with Crippen molar-refractivity contribution in [1.29, 1.82) is 0 Å². The molecule has 5 aliphatic rings. The molecule has 8 atom stereocenters. The second-order valence-electron chi connectivity index (χ2n) is 26.4. The van der Waals surface area contributed by atoms with Crippen molar-refractivity contribution in [1.82, 2.24) is 29.7 Å². The lowest BCUT2D eigenvalue weighted by molar-refractivity contribution is -0.134. The number of rotatable bonds is 32. The van der Waals surface area contributed by atoms with Gasteiger partial charge in [0.05, 0.1) is 83.5 Å². The number of nitrogens with zero attached hydrogens (tertiary/aromatic N) is 5. The Balaban J connectivity index is 0.616. The molecule has 4 aliphatic carbocycles. The highest BCUT2D eigenvalue weighted by Crippen LogP contribution is 2.67. The Labute approximate surface area is 485 Å². The average Bonchev–Trinajstić information content (AvgIpc) is 4.24. The lowest BCUT2D eigenvalue weighted by Crippen LogP contribution is -2.51. The van der Waals surface area contributed by atoms with E-state index in [2.05, 4.69) is 80.6 Å². The molecule has 2 amide bonds. The van der Waals surface area contributed by atoms with Crippen LogP contribution in [0.4, 0.5) is 10.6 Å². The predicted octanol–water partition coefficient (Wildman–Crippen LogP) is 10.2. The number of pyridine rings is 1. The Bertz CT molecular complexity index is 2510. The van der Waals surface area contributed by atoms with Crippen molar-refractivity contribution in [3.05, 3.63) is 41.2 Å². The number of aliphatic hydroxyl groups is 2. The van der Waals surface area contributed by atoms with Gasteiger partial charge >= 0.3 is 6.09 Å². The van der Waals surface area contributed by atoms with Gasteiger partial charge in [-0.1, -0.05) is 97.9 Å². The summed E-state index contributed by atoms with van der Waals surface area (Å²) < 4.78 is 30.8. The van der Waals surface area contributed by atoms with Gasteiger partial charge < -0.3 is 54.4 Å². The minimum absolute atomic E-state index is 0.0650. The van der Waals surface area contributed by atoms with Crippen LogP contribution in [0.25, 0.3) is 21.9 Å². The summed E-state index contributed by atoms with van der Waals surface area (Å²) >= 11 is 0. The molecule has 5 N–H and O–H groups in total. The van der Waals surface area contributed by atoms with Gasteiger partial charge in [0, 0.05) is 62.9 Å². The lowest BCUT2D eigenvalue weighted by Gasteiger charge is -2.58. The number of ether oxygens (including phenoxy) is 5. The zero-order valence-corrected chi connectivity index (χ0v) is 51.0. The number of allylic oxidation sites excluding steroid dienone is 1. The number of anilines is 1. The number of nitrogens with one attached hydrogen (secondary N) is 1. The Morgan fingerprint density at radius 2 is 1.56 bits per heavy atom. The van der Waals surface area contributed by atoms with Crippen LogP contribution < -0.4 is 11.1 Å². The SMILES string of the molecule is CCCCc1nc2c(N)nc3cc(CCCN4CCN(C(=O)CCOCCOCCOCCOCCNC(=O)O[C@H]5CC[C@@]6(C)C(=CC[C@H]7[C@@H]8CC[C@H]([C@H](C)CCCC(C)C)[C@@]8(C)CC[C@@H]76)C5)CC4)ccc3c2n1CC(C)(CO)CO. The molecule has 0 radical (unpaired) electrons. The number of aryl methyl sites for hydroxylation is 2. The third-order valence-corrected chi connectivity index (χ3v) is 20.2. The number of hydrogen-bond donors (Lipinski definition) is 4. The number of nitrogens with two attached hydrogens (primary N) is 1. The van der Waals surface area contributed by atoms with E-state index in [0.29, 0.717) is 102 Å². The maximum atomic E-state index is 13.0. The summed E-state index contributed by atoms with van der Waals surface area (Å²) in [6.07, 6.45) is 21.0. The largest absolute Gasteiger partial charge is 0.446 e. The number of unbranched alkanes of at least 4 members (excludes halogenated alkanes) is 1. The average molecular weight is 1130 g/mol. The van der Waals surface area contributed by atoms with E-state index in [1.165, 1.54) is 56.9 Å². The zero-order chi connectivity index (χ0) is 57.6. The first kappa shape index (κ1) is 63.1. The number of carbonyl (C=O) groups excluding carboxylic acids is 2. The van der Waals surface area contributed by atoms with E-state index in [0.717, 1.165) is 129 Å². The van der Waals surface area contributed by atoms with E-state index in [1.54, 1.807) is 5.57 Å². The van der Waals surface area contributed by atoms with Crippen LogP contribution in [0.15, 0.2) is 29.8 Å². The van der Waals surface area contributed by atoms with Crippen LogP contribution in [0.3, 0.4) is 0 Å². The number of benzene rings is 1. The van der Waals surface area contributed by atoms with Gasteiger partial charge in [0.2, 0.25) is 5.91 Å². The fraction of sp³-hybridized carbons (Fsp3) is 0.785. The molecule has 2 aromatic heterocycles. The van der Waals surface area contributed by atoms with E-state index >= 15 is 0 Å². The standard InChI is InChI=1S/C65H105N7O9/c1-8-9-15-57-69-59-60(72(57)43-63(5,44-73)45-74)52-18-16-48(41-56(52)68-61(59)66)14-11-28-70-29-31-71(32-30-70)58(75)24-33-77-35-37-79-39-40-80-38-36-78-34-27-67-62(76)81-50-22-25-64(6)49(42-50)17-19-51-54-21-20-53(47(4)13-10-12-46(2)3)65(54,7)26-23-55(51)64/h16-18,41,46-47,50-51,53-55,73-74H,8-15,19-40,42-45H2,1-7H3,(H2,66,68)(H,67,76)/t47-,50+,51+,53-,54+,55+,64+,65-/m1/s1. The highest BCUT2D eigenvalue weighted by Gasteiger charge is 2.59. The summed E-state index contributed by atoms with van der Waals surface area (Å²) in [6.45, 7) is 24.5. The quantitative estimate of drug-likeness (QED) is 0.0341. The summed E-state index contributed by atoms with van der Waals surface area (Å²) in [5.74, 6) is 6.34. The van der Waals surface area contributed by atoms with Crippen LogP contribution in [0, 0.1) is 51.8 Å². The molecule has 3 aromatic rings. The molecule has 3 saturated carbocycles. The van der Waals surface area contributed by atoms with Gasteiger partial charge in [-0.05, 0) is 129 Å². The van der Waals surface area contributed by atoms with E-state index in [4.69, 9.17) is 39.4 Å². The summed E-state index contributed by atoms with van der Waals surface area (Å²) in [5, 5.41) is 24.2. The van der Waals surface area contributed by atoms with Gasteiger partial charge in [-0.15, -0.1) is 0 Å². The van der Waals surface area contributed by atoms with E-state index in [1.807, 2.05) is 11.8 Å². The highest BCUT2D eigenvalue weighted by molar-refractivity contribution is 6.06. The number of aliphatic hydroxyl groups excluding tert-OH is 2. The van der Waals surface area contributed by atoms with Gasteiger partial charge in [-0.2, -0.15) is 0 Å². The van der Waals surface area contributed by atoms with Crippen LogP contribution in [0.1, 0.15) is 156 Å². The molecule has 1 aliphatic heterocycles. The lowest BCUT2D eigenvalue weighted by atomic mass is 9.47. The fourth-order valence-corrected chi connectivity index (χ4v) is 15.4. The van der Waals surface area contributed by atoms with Crippen molar-refractivity contribution >= 4 is 39.8 Å². The number of piperazine rings is 1. The molecule has 81 heavy (non-hydrogen) atoms. The Hall–Kier alpha value is -3.90. The minimum atomic E-state index is -0.706. The van der Waals surface area contributed by atoms with Crippen molar-refractivity contribution in [3.8, 4) is 0 Å². The first-order valence-electron chi connectivity index (χ1n) is 31.8. The van der Waals surface area contributed by atoms with Crippen molar-refractivity contribution in [2.24, 2.45) is 51.8 Å². The zero-order valence-electron chi connectivity index (χ0n) is 51.0. The maximum Gasteiger partial charge on any atom is 0.407 e. The molecule has 8 rings (SSSR count). The number of amides is 2. The number of fused-ring (bicyclic) bond motifs is 8. The predicted molar refractivity (Wildman–Crippen MR) is 321 cm³/mol. The maximum absolute atomic E-state index is 13.0. The molecule has 1 aromatic carbocycles. The number of hydrogen-bond acceptors (Lipinski definition) is 13. The minimum Gasteiger partial charge on any atom is -0.446 e. The van der Waals surface area contributed by atoms with E-state index in [-0.39, 0.29) is 36.7 Å². The van der Waals surface area contributed by atoms with Gasteiger partial charge in [-0.25, -0.2) is 14.8 Å². The number of alkyl carbamates (subject to hydrolysis) is 1. The molecule has 4 fully saturated rings. The van der Waals surface area contributed by atoms with Crippen LogP contribution >= 0.6 is 0 Å². The van der Waals surface area contributed by atoms with Crippen LogP contribution in [-0.4, -0.2) is 158 Å². The van der Waals surface area contributed by atoms with Gasteiger partial charge in [0.15, 0.2) is 5.82 Å². The first-order valence-corrected chi connectivity index (χ1v) is 31.8. The summed E-state index contributed by atoms with van der Waals surface area (Å²) in [5.41, 5.74) is 11.7. The monoisotopic (exact) mass is 1130 g/mol. The molecule has 454 valence electrons. The number of aromatic nitrogens is 3. The topological polar surface area (TPSA) is 196 Å². The van der Waals surface area contributed by atoms with E-state index < -0.39 is 5.41 Å². The Morgan fingerprint density at radius 1 is 0.840 bits per heavy atom. The third kappa shape index (κ3) is 15.9. The second kappa shape index (κ2) is 29.8. The highest BCUT2D eigenvalue weighted by atomic mass is 16.6. The number of nitrogen functional groups attached to an aromatic ring is 1. The summed E-state index contributed by atoms with van der Waals surface area (Å²) in [7, 11) is 0. The molecule has 0 spiro atoms. The summed E-state index contributed by atoms with van der Waals surface area (Å²) in [4.78, 5) is 39.9. The summed E-state index contributed by atoms with van der Waals surface area (Å²) in [6, 6.07) is 6.40. The Kier molecular flexibility index (Phi) is 23.2. The van der Waals surface area contributed by atoms with Gasteiger partial charge in [-0.3, -0.25) is 9.69 Å². The fourth-order valence-electron chi connectivity index (χ4n) is 15.4. The van der Waals surface area contributed by atoms with E-state index in [9.17, 15) is 19.8 Å². The molecular weight excluding hydrogens is 1020 g/mol. The van der Waals surface area contributed by atoms with Crippen molar-refractivity contribution < 1.29 is 43.5 Å². The molecule has 3 heterocycles. The first-order chi connectivity index (χ1) is 39.1. The molecule has 1 saturated heterocycles. The molecular formula is C65H105N7O9. The second-order valence-corrected chi connectivity index (χ2v) is 26.4.